The highest BCUT2D eigenvalue weighted by atomic mass is 16.5. The summed E-state index contributed by atoms with van der Waals surface area (Å²) in [6.45, 7) is 2.62. The second kappa shape index (κ2) is 6.66. The highest BCUT2D eigenvalue weighted by molar-refractivity contribution is 5.96. The van der Waals surface area contributed by atoms with Gasteiger partial charge in [0.25, 0.3) is 5.91 Å². The van der Waals surface area contributed by atoms with Crippen LogP contribution in [0.2, 0.25) is 0 Å². The van der Waals surface area contributed by atoms with Crippen LogP contribution in [0.15, 0.2) is 24.8 Å². The fraction of sp³-hybridized carbons (Fsp3) is 0.400. The van der Waals surface area contributed by atoms with Crippen molar-refractivity contribution in [1.82, 2.24) is 20.5 Å². The molecule has 122 valence electrons. The van der Waals surface area contributed by atoms with Crippen molar-refractivity contribution in [2.24, 2.45) is 0 Å². The SMILES string of the molecule is COc1cncc(C(=O)N[C@H]2COC[C@H]2Oc2cn[nH]c2)c1C. The molecule has 8 heteroatoms. The van der Waals surface area contributed by atoms with Crippen LogP contribution in [0.1, 0.15) is 15.9 Å². The molecule has 1 amide bonds. The number of carbonyl (C=O) groups is 1. The fourth-order valence-electron chi connectivity index (χ4n) is 2.45. The van der Waals surface area contributed by atoms with E-state index in [2.05, 4.69) is 20.5 Å². The van der Waals surface area contributed by atoms with Crippen LogP contribution in [0.5, 0.6) is 11.5 Å². The van der Waals surface area contributed by atoms with E-state index in [9.17, 15) is 4.79 Å². The minimum absolute atomic E-state index is 0.231. The molecule has 0 radical (unpaired) electrons. The van der Waals surface area contributed by atoms with Gasteiger partial charge in [-0.2, -0.15) is 5.10 Å². The van der Waals surface area contributed by atoms with Crippen molar-refractivity contribution in [3.8, 4) is 11.5 Å². The van der Waals surface area contributed by atoms with Crippen molar-refractivity contribution >= 4 is 5.91 Å². The van der Waals surface area contributed by atoms with Crippen LogP contribution in [0.25, 0.3) is 0 Å². The summed E-state index contributed by atoms with van der Waals surface area (Å²) < 4.78 is 16.4. The predicted octanol–water partition coefficient (Wildman–Crippen LogP) is 0.698. The number of nitrogens with one attached hydrogen (secondary N) is 2. The van der Waals surface area contributed by atoms with Crippen molar-refractivity contribution in [2.45, 2.75) is 19.1 Å². The molecule has 2 atom stereocenters. The van der Waals surface area contributed by atoms with Gasteiger partial charge in [0, 0.05) is 11.8 Å². The quantitative estimate of drug-likeness (QED) is 0.842. The van der Waals surface area contributed by atoms with Crippen LogP contribution >= 0.6 is 0 Å². The first-order valence-corrected chi connectivity index (χ1v) is 7.21. The summed E-state index contributed by atoms with van der Waals surface area (Å²) in [5.74, 6) is 0.954. The van der Waals surface area contributed by atoms with E-state index in [1.54, 1.807) is 25.7 Å². The number of hydrogen-bond acceptors (Lipinski definition) is 6. The number of hydrogen-bond donors (Lipinski definition) is 2. The van der Waals surface area contributed by atoms with Gasteiger partial charge in [-0.1, -0.05) is 0 Å². The number of pyridine rings is 1. The third kappa shape index (κ3) is 3.26. The fourth-order valence-corrected chi connectivity index (χ4v) is 2.45. The Hall–Kier alpha value is -2.61. The molecule has 0 spiro atoms. The maximum atomic E-state index is 12.5. The van der Waals surface area contributed by atoms with Crippen LogP contribution in [0, 0.1) is 6.92 Å². The second-order valence-corrected chi connectivity index (χ2v) is 5.22. The molecule has 1 aliphatic heterocycles. The molecule has 0 aliphatic carbocycles. The second-order valence-electron chi connectivity index (χ2n) is 5.22. The molecule has 2 aromatic rings. The van der Waals surface area contributed by atoms with Crippen LogP contribution < -0.4 is 14.8 Å². The van der Waals surface area contributed by atoms with E-state index in [1.165, 1.54) is 6.20 Å². The monoisotopic (exact) mass is 318 g/mol. The zero-order chi connectivity index (χ0) is 16.2. The minimum atomic E-state index is -0.268. The summed E-state index contributed by atoms with van der Waals surface area (Å²) in [7, 11) is 1.55. The number of ether oxygens (including phenoxy) is 3. The first-order valence-electron chi connectivity index (χ1n) is 7.21. The van der Waals surface area contributed by atoms with Crippen LogP contribution in [0.3, 0.4) is 0 Å². The van der Waals surface area contributed by atoms with Crippen molar-refractivity contribution < 1.29 is 19.0 Å². The molecule has 1 aliphatic rings. The third-order valence-electron chi connectivity index (χ3n) is 3.74. The van der Waals surface area contributed by atoms with E-state index >= 15 is 0 Å². The molecule has 1 saturated heterocycles. The number of aromatic nitrogens is 3. The van der Waals surface area contributed by atoms with Crippen LogP contribution in [-0.2, 0) is 4.74 Å². The van der Waals surface area contributed by atoms with Gasteiger partial charge in [0.2, 0.25) is 0 Å². The Balaban J connectivity index is 1.69. The minimum Gasteiger partial charge on any atom is -0.495 e. The van der Waals surface area contributed by atoms with Gasteiger partial charge in [0.05, 0.1) is 50.5 Å². The molecule has 0 aromatic carbocycles. The van der Waals surface area contributed by atoms with Gasteiger partial charge >= 0.3 is 0 Å². The average molecular weight is 318 g/mol. The Labute approximate surface area is 133 Å². The zero-order valence-corrected chi connectivity index (χ0v) is 12.9. The van der Waals surface area contributed by atoms with Gasteiger partial charge in [0.1, 0.15) is 11.9 Å². The number of carbonyl (C=O) groups excluding carboxylic acids is 1. The Morgan fingerprint density at radius 2 is 2.26 bits per heavy atom. The smallest absolute Gasteiger partial charge is 0.253 e. The Morgan fingerprint density at radius 3 is 3.00 bits per heavy atom. The summed E-state index contributed by atoms with van der Waals surface area (Å²) in [5, 5.41) is 9.44. The van der Waals surface area contributed by atoms with Gasteiger partial charge in [-0.25, -0.2) is 0 Å². The summed E-state index contributed by atoms with van der Waals surface area (Å²) >= 11 is 0. The van der Waals surface area contributed by atoms with Crippen molar-refractivity contribution in [1.29, 1.82) is 0 Å². The number of nitrogens with zero attached hydrogens (tertiary/aromatic N) is 2. The number of amides is 1. The lowest BCUT2D eigenvalue weighted by Gasteiger charge is -2.20. The van der Waals surface area contributed by atoms with Gasteiger partial charge < -0.3 is 19.5 Å². The lowest BCUT2D eigenvalue weighted by Crippen LogP contribution is -2.45. The molecular weight excluding hydrogens is 300 g/mol. The molecule has 0 bridgehead atoms. The van der Waals surface area contributed by atoms with Gasteiger partial charge in [-0.05, 0) is 6.92 Å². The molecular formula is C15H18N4O4. The average Bonchev–Trinajstić information content (AvgIpc) is 3.20. The van der Waals surface area contributed by atoms with Crippen LogP contribution in [0.4, 0.5) is 0 Å². The van der Waals surface area contributed by atoms with E-state index in [0.29, 0.717) is 30.3 Å². The number of aromatic amines is 1. The largest absolute Gasteiger partial charge is 0.495 e. The Bertz CT molecular complexity index is 674. The first kappa shape index (κ1) is 15.3. The van der Waals surface area contributed by atoms with E-state index in [1.807, 2.05) is 6.92 Å². The lowest BCUT2D eigenvalue weighted by molar-refractivity contribution is 0.0902. The number of H-pyrrole nitrogens is 1. The molecule has 0 saturated carbocycles. The molecule has 1 fully saturated rings. The highest BCUT2D eigenvalue weighted by Gasteiger charge is 2.32. The number of rotatable bonds is 5. The molecule has 3 heterocycles. The summed E-state index contributed by atoms with van der Waals surface area (Å²) in [6, 6.07) is -0.247. The maximum Gasteiger partial charge on any atom is 0.253 e. The zero-order valence-electron chi connectivity index (χ0n) is 12.9. The van der Waals surface area contributed by atoms with Gasteiger partial charge in [-0.15, -0.1) is 0 Å². The molecule has 3 rings (SSSR count). The number of methoxy groups -OCH3 is 1. The highest BCUT2D eigenvalue weighted by Crippen LogP contribution is 2.20. The normalized spacial score (nSPS) is 20.3. The van der Waals surface area contributed by atoms with E-state index < -0.39 is 0 Å². The van der Waals surface area contributed by atoms with Crippen molar-refractivity contribution in [3.63, 3.8) is 0 Å². The molecule has 0 unspecified atom stereocenters. The summed E-state index contributed by atoms with van der Waals surface area (Å²) in [5.41, 5.74) is 1.21. The molecule has 2 aromatic heterocycles. The van der Waals surface area contributed by atoms with Crippen LogP contribution in [-0.4, -0.2) is 53.6 Å². The molecule has 2 N–H and O–H groups in total. The van der Waals surface area contributed by atoms with E-state index in [0.717, 1.165) is 5.56 Å². The van der Waals surface area contributed by atoms with E-state index in [4.69, 9.17) is 14.2 Å². The Kier molecular flexibility index (Phi) is 4.42. The molecule has 23 heavy (non-hydrogen) atoms. The van der Waals surface area contributed by atoms with Crippen molar-refractivity contribution in [2.75, 3.05) is 20.3 Å². The summed E-state index contributed by atoms with van der Waals surface area (Å²) in [6.07, 6.45) is 6.06. The summed E-state index contributed by atoms with van der Waals surface area (Å²) in [4.78, 5) is 16.5. The maximum absolute atomic E-state index is 12.5. The van der Waals surface area contributed by atoms with Gasteiger partial charge in [-0.3, -0.25) is 14.9 Å². The first-order chi connectivity index (χ1) is 11.2. The Morgan fingerprint density at radius 1 is 1.39 bits per heavy atom. The van der Waals surface area contributed by atoms with E-state index in [-0.39, 0.29) is 18.1 Å². The standard InChI is InChI=1S/C15H18N4O4/c1-9-11(5-16-6-13(9)21-2)15(20)19-12-7-22-8-14(12)23-10-3-17-18-4-10/h3-6,12,14H,7-8H2,1-2H3,(H,17,18)(H,19,20)/t12-,14+/m0/s1. The molecule has 8 nitrogen and oxygen atoms in total. The lowest BCUT2D eigenvalue weighted by atomic mass is 10.1. The van der Waals surface area contributed by atoms with Gasteiger partial charge in [0.15, 0.2) is 5.75 Å². The van der Waals surface area contributed by atoms with Crippen molar-refractivity contribution in [3.05, 3.63) is 35.9 Å². The third-order valence-corrected chi connectivity index (χ3v) is 3.74. The predicted molar refractivity (Wildman–Crippen MR) is 80.6 cm³/mol. The topological polar surface area (TPSA) is 98.4 Å².